The Bertz CT molecular complexity index is 1040. The number of carbonyl (C=O) groups is 2. The fourth-order valence-electron chi connectivity index (χ4n) is 12.1. The van der Waals surface area contributed by atoms with Gasteiger partial charge in [0.25, 0.3) is 0 Å². The molecule has 5 aliphatic rings. The molecule has 0 aromatic carbocycles. The predicted molar refractivity (Wildman–Crippen MR) is 151 cm³/mol. The fourth-order valence-corrected chi connectivity index (χ4v) is 12.1. The number of hydrogen-bond donors (Lipinski definition) is 0. The Labute approximate surface area is 232 Å². The smallest absolute Gasteiger partial charge is 0.302 e. The SMILES string of the molecule is CC(=O)O[C@H]1CC[C@]2(C)[C@H]3CC=C4[C@@]5(C)CC[C@@H](OC(C)=O)C(C)(C)[C@@H]5CC[C@@]4(C)[C@]3(C)CC[C@H]2C1(C)C. The van der Waals surface area contributed by atoms with E-state index in [2.05, 4.69) is 61.5 Å². The summed E-state index contributed by atoms with van der Waals surface area (Å²) in [6, 6.07) is 0. The molecule has 214 valence electrons. The van der Waals surface area contributed by atoms with Gasteiger partial charge >= 0.3 is 11.9 Å². The molecule has 0 unspecified atom stereocenters. The van der Waals surface area contributed by atoms with Crippen molar-refractivity contribution in [2.24, 2.45) is 50.2 Å². The largest absolute Gasteiger partial charge is 0.462 e. The summed E-state index contributed by atoms with van der Waals surface area (Å²) < 4.78 is 11.8. The lowest BCUT2D eigenvalue weighted by Gasteiger charge is -2.72. The van der Waals surface area contributed by atoms with Gasteiger partial charge in [-0.05, 0) is 97.2 Å². The van der Waals surface area contributed by atoms with Gasteiger partial charge in [0.1, 0.15) is 12.2 Å². The first kappa shape index (κ1) is 28.2. The maximum absolute atomic E-state index is 11.9. The summed E-state index contributed by atoms with van der Waals surface area (Å²) in [5.74, 6) is 1.45. The molecule has 4 fully saturated rings. The van der Waals surface area contributed by atoms with Crippen molar-refractivity contribution >= 4 is 11.9 Å². The van der Waals surface area contributed by atoms with Crippen molar-refractivity contribution in [2.75, 3.05) is 0 Å². The summed E-state index contributed by atoms with van der Waals surface area (Å²) in [6.07, 6.45) is 13.0. The topological polar surface area (TPSA) is 52.6 Å². The van der Waals surface area contributed by atoms with E-state index in [4.69, 9.17) is 9.47 Å². The van der Waals surface area contributed by atoms with E-state index >= 15 is 0 Å². The van der Waals surface area contributed by atoms with E-state index in [1.807, 2.05) is 0 Å². The Morgan fingerprint density at radius 1 is 0.684 bits per heavy atom. The first-order valence-corrected chi connectivity index (χ1v) is 15.5. The molecule has 4 heteroatoms. The molecule has 38 heavy (non-hydrogen) atoms. The number of ether oxygens (including phenoxy) is 2. The molecule has 0 amide bonds. The minimum absolute atomic E-state index is 0.00630. The number of hydrogen-bond acceptors (Lipinski definition) is 4. The number of rotatable bonds is 2. The van der Waals surface area contributed by atoms with E-state index in [-0.39, 0.29) is 56.6 Å². The van der Waals surface area contributed by atoms with Gasteiger partial charge in [-0.3, -0.25) is 9.59 Å². The average molecular weight is 527 g/mol. The van der Waals surface area contributed by atoms with Crippen molar-refractivity contribution in [3.05, 3.63) is 11.6 Å². The number of esters is 2. The second-order valence-corrected chi connectivity index (χ2v) is 16.2. The summed E-state index contributed by atoms with van der Waals surface area (Å²) in [4.78, 5) is 23.9. The van der Waals surface area contributed by atoms with Gasteiger partial charge in [-0.2, -0.15) is 0 Å². The molecule has 0 spiro atoms. The number of allylic oxidation sites excluding steroid dienone is 2. The van der Waals surface area contributed by atoms with Gasteiger partial charge in [-0.1, -0.05) is 67.0 Å². The van der Waals surface area contributed by atoms with Gasteiger partial charge in [0.05, 0.1) is 0 Å². The van der Waals surface area contributed by atoms with Gasteiger partial charge in [-0.25, -0.2) is 0 Å². The number of carbonyl (C=O) groups excluding carboxylic acids is 2. The molecule has 5 aliphatic carbocycles. The van der Waals surface area contributed by atoms with E-state index < -0.39 is 0 Å². The summed E-state index contributed by atoms with van der Waals surface area (Å²) in [6.45, 7) is 23.0. The van der Waals surface area contributed by atoms with Gasteiger partial charge in [0.15, 0.2) is 0 Å². The summed E-state index contributed by atoms with van der Waals surface area (Å²) in [5, 5.41) is 0. The molecular weight excluding hydrogens is 472 g/mol. The molecule has 0 aromatic heterocycles. The summed E-state index contributed by atoms with van der Waals surface area (Å²) >= 11 is 0. The first-order chi connectivity index (χ1) is 17.4. The third kappa shape index (κ3) is 3.59. The molecule has 0 aromatic rings. The van der Waals surface area contributed by atoms with Crippen LogP contribution in [0.15, 0.2) is 11.6 Å². The monoisotopic (exact) mass is 526 g/mol. The zero-order valence-corrected chi connectivity index (χ0v) is 26.0. The van der Waals surface area contributed by atoms with Crippen LogP contribution in [0.3, 0.4) is 0 Å². The van der Waals surface area contributed by atoms with Gasteiger partial charge in [-0.15, -0.1) is 0 Å². The van der Waals surface area contributed by atoms with Crippen LogP contribution in [0.25, 0.3) is 0 Å². The summed E-state index contributed by atoms with van der Waals surface area (Å²) in [7, 11) is 0. The normalized spacial score (nSPS) is 48.8. The van der Waals surface area contributed by atoms with Crippen LogP contribution in [0.4, 0.5) is 0 Å². The van der Waals surface area contributed by atoms with Crippen LogP contribution in [-0.4, -0.2) is 24.1 Å². The highest BCUT2D eigenvalue weighted by molar-refractivity contribution is 5.66. The second kappa shape index (κ2) is 8.59. The number of fused-ring (bicyclic) bond motifs is 7. The maximum Gasteiger partial charge on any atom is 0.302 e. The third-order valence-corrected chi connectivity index (χ3v) is 14.0. The van der Waals surface area contributed by atoms with Crippen LogP contribution in [0.5, 0.6) is 0 Å². The Hall–Kier alpha value is -1.32. The molecule has 0 radical (unpaired) electrons. The Balaban J connectivity index is 1.51. The van der Waals surface area contributed by atoms with Gasteiger partial charge < -0.3 is 9.47 Å². The van der Waals surface area contributed by atoms with Crippen LogP contribution in [0.1, 0.15) is 127 Å². The van der Waals surface area contributed by atoms with Crippen LogP contribution >= 0.6 is 0 Å². The standard InChI is InChI=1S/C34H54O4/c1-21(35)37-27-15-17-31(7)23(29(27,3)4)13-19-33(9)25(31)11-12-26-32(8)18-16-28(38-22(2)36)30(5,6)24(32)14-20-34(26,33)10/h11,23-24,26-28H,12-20H2,1-10H3/t23-,24-,26+,27+,28-,31-,32-,33+,34+/m0/s1. The van der Waals surface area contributed by atoms with E-state index in [1.54, 1.807) is 19.4 Å². The van der Waals surface area contributed by atoms with Crippen molar-refractivity contribution < 1.29 is 19.1 Å². The molecule has 4 nitrogen and oxygen atoms in total. The van der Waals surface area contributed by atoms with E-state index in [0.717, 1.165) is 25.7 Å². The van der Waals surface area contributed by atoms with Gasteiger partial charge in [0.2, 0.25) is 0 Å². The molecule has 0 saturated heterocycles. The lowest BCUT2D eigenvalue weighted by molar-refractivity contribution is -0.216. The van der Waals surface area contributed by atoms with Crippen molar-refractivity contribution in [3.8, 4) is 0 Å². The minimum Gasteiger partial charge on any atom is -0.462 e. The van der Waals surface area contributed by atoms with Crippen molar-refractivity contribution in [3.63, 3.8) is 0 Å². The van der Waals surface area contributed by atoms with Crippen molar-refractivity contribution in [1.29, 1.82) is 0 Å². The highest BCUT2D eigenvalue weighted by Crippen LogP contribution is 2.76. The molecule has 0 bridgehead atoms. The van der Waals surface area contributed by atoms with Crippen LogP contribution in [-0.2, 0) is 19.1 Å². The highest BCUT2D eigenvalue weighted by atomic mass is 16.5. The maximum atomic E-state index is 11.9. The Kier molecular flexibility index (Phi) is 6.38. The Morgan fingerprint density at radius 2 is 1.21 bits per heavy atom. The van der Waals surface area contributed by atoms with Gasteiger partial charge in [0, 0.05) is 24.7 Å². The summed E-state index contributed by atoms with van der Waals surface area (Å²) in [5.41, 5.74) is 2.56. The zero-order valence-electron chi connectivity index (χ0n) is 26.0. The Morgan fingerprint density at radius 3 is 1.79 bits per heavy atom. The lowest BCUT2D eigenvalue weighted by atomic mass is 9.32. The molecule has 5 rings (SSSR count). The quantitative estimate of drug-likeness (QED) is 0.268. The van der Waals surface area contributed by atoms with E-state index in [9.17, 15) is 9.59 Å². The molecule has 0 N–H and O–H groups in total. The lowest BCUT2D eigenvalue weighted by Crippen LogP contribution is -2.66. The minimum atomic E-state index is -0.143. The average Bonchev–Trinajstić information content (AvgIpc) is 2.78. The molecule has 4 saturated carbocycles. The predicted octanol–water partition coefficient (Wildman–Crippen LogP) is 8.28. The second-order valence-electron chi connectivity index (χ2n) is 16.2. The van der Waals surface area contributed by atoms with E-state index in [1.165, 1.54) is 32.1 Å². The van der Waals surface area contributed by atoms with Crippen LogP contribution in [0, 0.1) is 50.2 Å². The molecule has 9 atom stereocenters. The van der Waals surface area contributed by atoms with Crippen LogP contribution < -0.4 is 0 Å². The molecule has 0 heterocycles. The van der Waals surface area contributed by atoms with Crippen LogP contribution in [0.2, 0.25) is 0 Å². The van der Waals surface area contributed by atoms with Crippen molar-refractivity contribution in [1.82, 2.24) is 0 Å². The fraction of sp³-hybridized carbons (Fsp3) is 0.882. The third-order valence-electron chi connectivity index (χ3n) is 14.0. The van der Waals surface area contributed by atoms with E-state index in [0.29, 0.717) is 17.8 Å². The molecular formula is C34H54O4. The van der Waals surface area contributed by atoms with Crippen molar-refractivity contribution in [2.45, 2.75) is 139 Å². The highest BCUT2D eigenvalue weighted by Gasteiger charge is 2.69. The zero-order chi connectivity index (χ0) is 28.1. The molecule has 0 aliphatic heterocycles. The first-order valence-electron chi connectivity index (χ1n) is 15.5.